The van der Waals surface area contributed by atoms with E-state index in [1.54, 1.807) is 16.0 Å². The van der Waals surface area contributed by atoms with E-state index in [0.717, 1.165) is 37.0 Å². The first kappa shape index (κ1) is 35.7. The molecular formula is C28H45N7O3S. The predicted molar refractivity (Wildman–Crippen MR) is 157 cm³/mol. The van der Waals surface area contributed by atoms with Crippen molar-refractivity contribution >= 4 is 30.1 Å². The molecule has 0 saturated carbocycles. The molecule has 1 N–H and O–H groups in total. The van der Waals surface area contributed by atoms with Crippen molar-refractivity contribution in [2.75, 3.05) is 45.0 Å². The standard InChI is InChI=1S/C25H40N6O3.C3H5NS/c1-5-9-11-12-16-28-19-23(29(21-32)20-24(28)33)31(30(8-4)17-15-26)25(34)27-18-22(13-7-3)14-10-6-2;1-2-5-3-4/h6-7,13-14,21,23H,2,5,8-12,16-20H2,1,3-4H3,(H,27,34);2H2,1H3/b13-7-,22-14+;. The van der Waals surface area contributed by atoms with Crippen LogP contribution in [0.5, 0.6) is 0 Å². The number of hydrogen-bond acceptors (Lipinski definition) is 7. The molecule has 0 aromatic heterocycles. The Morgan fingerprint density at radius 1 is 1.26 bits per heavy atom. The van der Waals surface area contributed by atoms with Crippen LogP contribution in [-0.4, -0.2) is 89.4 Å². The molecule has 216 valence electrons. The number of rotatable bonds is 16. The minimum atomic E-state index is -0.697. The van der Waals surface area contributed by atoms with Crippen molar-refractivity contribution in [3.05, 3.63) is 36.5 Å². The van der Waals surface area contributed by atoms with E-state index in [4.69, 9.17) is 5.26 Å². The lowest BCUT2D eigenvalue weighted by molar-refractivity contribution is -0.156. The smallest absolute Gasteiger partial charge is 0.334 e. The van der Waals surface area contributed by atoms with Gasteiger partial charge in [-0.25, -0.2) is 14.8 Å². The van der Waals surface area contributed by atoms with E-state index in [1.165, 1.54) is 21.7 Å². The summed E-state index contributed by atoms with van der Waals surface area (Å²) in [7, 11) is 0. The van der Waals surface area contributed by atoms with Gasteiger partial charge in [-0.05, 0) is 37.1 Å². The highest BCUT2D eigenvalue weighted by Crippen LogP contribution is 2.18. The summed E-state index contributed by atoms with van der Waals surface area (Å²) in [5, 5.41) is 25.0. The van der Waals surface area contributed by atoms with Gasteiger partial charge in [-0.3, -0.25) is 9.59 Å². The van der Waals surface area contributed by atoms with Crippen molar-refractivity contribution in [2.24, 2.45) is 0 Å². The van der Waals surface area contributed by atoms with Crippen LogP contribution in [0.3, 0.4) is 0 Å². The number of carbonyl (C=O) groups is 3. The fourth-order valence-electron chi connectivity index (χ4n) is 3.88. The molecule has 1 fully saturated rings. The first-order valence-corrected chi connectivity index (χ1v) is 14.5. The van der Waals surface area contributed by atoms with Gasteiger partial charge in [-0.1, -0.05) is 64.3 Å². The number of nitrogens with one attached hydrogen (secondary N) is 1. The fraction of sp³-hybridized carbons (Fsp3) is 0.607. The van der Waals surface area contributed by atoms with Gasteiger partial charge in [0.05, 0.1) is 12.6 Å². The largest absolute Gasteiger partial charge is 0.337 e. The first-order valence-electron chi connectivity index (χ1n) is 13.5. The van der Waals surface area contributed by atoms with Gasteiger partial charge in [-0.15, -0.1) is 6.58 Å². The molecule has 11 heteroatoms. The molecule has 1 aliphatic rings. The predicted octanol–water partition coefficient (Wildman–Crippen LogP) is 4.26. The molecule has 10 nitrogen and oxygen atoms in total. The number of hydrazine groups is 1. The van der Waals surface area contributed by atoms with Gasteiger partial charge in [0.25, 0.3) is 0 Å². The van der Waals surface area contributed by atoms with Crippen molar-refractivity contribution in [1.29, 1.82) is 10.5 Å². The molecule has 1 rings (SSSR count). The van der Waals surface area contributed by atoms with Gasteiger partial charge in [0.15, 0.2) is 0 Å². The van der Waals surface area contributed by atoms with Crippen LogP contribution in [0.1, 0.15) is 59.8 Å². The van der Waals surface area contributed by atoms with E-state index < -0.39 is 12.2 Å². The molecule has 4 amide bonds. The van der Waals surface area contributed by atoms with Crippen molar-refractivity contribution < 1.29 is 14.4 Å². The highest BCUT2D eigenvalue weighted by atomic mass is 32.2. The summed E-state index contributed by atoms with van der Waals surface area (Å²) in [5.41, 5.74) is 0.919. The molecule has 1 aliphatic heterocycles. The van der Waals surface area contributed by atoms with Gasteiger partial charge in [0, 0.05) is 25.4 Å². The third-order valence-electron chi connectivity index (χ3n) is 5.85. The summed E-state index contributed by atoms with van der Waals surface area (Å²) in [4.78, 5) is 41.0. The van der Waals surface area contributed by atoms with Gasteiger partial charge in [0.1, 0.15) is 24.7 Å². The molecule has 0 aromatic rings. The molecule has 0 aromatic carbocycles. The summed E-state index contributed by atoms with van der Waals surface area (Å²) < 4.78 is 0. The average molecular weight is 560 g/mol. The Kier molecular flexibility index (Phi) is 20.8. The second-order valence-corrected chi connectivity index (χ2v) is 9.68. The van der Waals surface area contributed by atoms with Crippen LogP contribution in [0.2, 0.25) is 0 Å². The Morgan fingerprint density at radius 2 is 2.00 bits per heavy atom. The van der Waals surface area contributed by atoms with Gasteiger partial charge < -0.3 is 15.1 Å². The Hall–Kier alpha value is -3.28. The Labute approximate surface area is 238 Å². The zero-order chi connectivity index (χ0) is 29.5. The molecule has 0 radical (unpaired) electrons. The number of carbonyl (C=O) groups excluding carboxylic acids is 3. The minimum Gasteiger partial charge on any atom is -0.337 e. The zero-order valence-electron chi connectivity index (χ0n) is 24.0. The summed E-state index contributed by atoms with van der Waals surface area (Å²) in [6.07, 6.45) is 12.2. The summed E-state index contributed by atoms with van der Waals surface area (Å²) >= 11 is 1.27. The lowest BCUT2D eigenvalue weighted by atomic mass is 10.1. The van der Waals surface area contributed by atoms with Crippen molar-refractivity contribution in [1.82, 2.24) is 25.1 Å². The number of nitrogens with zero attached hydrogens (tertiary/aromatic N) is 6. The van der Waals surface area contributed by atoms with Crippen molar-refractivity contribution in [3.63, 3.8) is 0 Å². The van der Waals surface area contributed by atoms with Gasteiger partial charge >= 0.3 is 6.03 Å². The normalized spacial score (nSPS) is 15.3. The molecule has 1 atom stereocenters. The minimum absolute atomic E-state index is 0.0222. The monoisotopic (exact) mass is 559 g/mol. The Balaban J connectivity index is 0.00000263. The number of allylic oxidation sites excluding steroid dienone is 3. The topological polar surface area (TPSA) is 124 Å². The molecule has 1 saturated heterocycles. The molecule has 0 aliphatic carbocycles. The number of amides is 4. The molecule has 1 heterocycles. The third-order valence-corrected chi connectivity index (χ3v) is 6.27. The number of unbranched alkanes of at least 4 members (excludes halogenated alkanes) is 3. The molecular weight excluding hydrogens is 514 g/mol. The SMILES string of the molecule is C=CC/C=C(\C=C/C)CNC(=O)N(C1CN(CCCCCC)C(=O)CN1C=O)N(CC)CC#N.CCSC#N. The number of nitriles is 2. The van der Waals surface area contributed by atoms with Crippen LogP contribution < -0.4 is 5.32 Å². The molecule has 39 heavy (non-hydrogen) atoms. The first-order chi connectivity index (χ1) is 18.9. The third kappa shape index (κ3) is 13.9. The number of urea groups is 1. The Morgan fingerprint density at radius 3 is 2.51 bits per heavy atom. The number of thiocyanates is 1. The average Bonchev–Trinajstić information content (AvgIpc) is 2.94. The van der Waals surface area contributed by atoms with E-state index in [-0.39, 0.29) is 32.1 Å². The maximum absolute atomic E-state index is 13.4. The van der Waals surface area contributed by atoms with Crippen LogP contribution in [0.25, 0.3) is 0 Å². The van der Waals surface area contributed by atoms with E-state index in [9.17, 15) is 19.6 Å². The highest BCUT2D eigenvalue weighted by Gasteiger charge is 2.39. The van der Waals surface area contributed by atoms with Crippen LogP contribution >= 0.6 is 11.8 Å². The Bertz CT molecular complexity index is 895. The van der Waals surface area contributed by atoms with Crippen LogP contribution in [0.15, 0.2) is 36.5 Å². The van der Waals surface area contributed by atoms with Crippen LogP contribution in [0, 0.1) is 22.0 Å². The number of piperazine rings is 1. The number of hydrogen-bond donors (Lipinski definition) is 1. The summed E-state index contributed by atoms with van der Waals surface area (Å²) in [6, 6.07) is 1.66. The second-order valence-electron chi connectivity index (χ2n) is 8.63. The fourth-order valence-corrected chi connectivity index (χ4v) is 4.01. The van der Waals surface area contributed by atoms with Crippen molar-refractivity contribution in [3.8, 4) is 11.5 Å². The summed E-state index contributed by atoms with van der Waals surface area (Å²) in [5.74, 6) is 0.766. The maximum atomic E-state index is 13.4. The quantitative estimate of drug-likeness (QED) is 0.0570. The number of thioether (sulfide) groups is 1. The van der Waals surface area contributed by atoms with E-state index in [1.807, 2.05) is 44.4 Å². The molecule has 0 bridgehead atoms. The lowest BCUT2D eigenvalue weighted by Gasteiger charge is -2.47. The molecule has 0 spiro atoms. The second kappa shape index (κ2) is 22.7. The van der Waals surface area contributed by atoms with Gasteiger partial charge in [0.2, 0.25) is 12.3 Å². The van der Waals surface area contributed by atoms with E-state index in [2.05, 4.69) is 24.9 Å². The lowest BCUT2D eigenvalue weighted by Crippen LogP contribution is -2.68. The highest BCUT2D eigenvalue weighted by molar-refractivity contribution is 8.03. The zero-order valence-corrected chi connectivity index (χ0v) is 24.8. The van der Waals surface area contributed by atoms with E-state index >= 15 is 0 Å². The van der Waals surface area contributed by atoms with Crippen molar-refractivity contribution in [2.45, 2.75) is 66.0 Å². The van der Waals surface area contributed by atoms with E-state index in [0.29, 0.717) is 25.9 Å². The van der Waals surface area contributed by atoms with Crippen LogP contribution in [-0.2, 0) is 9.59 Å². The van der Waals surface area contributed by atoms with Gasteiger partial charge in [-0.2, -0.15) is 10.5 Å². The summed E-state index contributed by atoms with van der Waals surface area (Å²) in [6.45, 7) is 12.9. The maximum Gasteiger partial charge on any atom is 0.334 e. The van der Waals surface area contributed by atoms with Crippen LogP contribution in [0.4, 0.5) is 4.79 Å². The molecule has 1 unspecified atom stereocenters.